The first-order valence-electron chi connectivity index (χ1n) is 10.8. The molecule has 0 radical (unpaired) electrons. The van der Waals surface area contributed by atoms with E-state index in [0.29, 0.717) is 17.1 Å². The summed E-state index contributed by atoms with van der Waals surface area (Å²) in [7, 11) is -7.55. The number of hydrogen-bond donors (Lipinski definition) is 4. The van der Waals surface area contributed by atoms with E-state index in [1.54, 1.807) is 66.7 Å². The molecule has 13 heteroatoms. The standard InChI is InChI=1S/C24H22N6O4S3/c1-17-3-11-21(12-4-17)36(31,32)29-20-7-5-18(6-8-20)27-24(35)28-19-9-13-22(14-10-19)37(33,34)30-23-25-15-2-16-26-23/h2-16,29H,1H3,(H,25,26,30)(H2,27,28,35). The minimum absolute atomic E-state index is 0.0240. The van der Waals surface area contributed by atoms with E-state index in [4.69, 9.17) is 12.2 Å². The van der Waals surface area contributed by atoms with Crippen LogP contribution in [0.2, 0.25) is 0 Å². The Morgan fingerprint density at radius 2 is 1.08 bits per heavy atom. The van der Waals surface area contributed by atoms with Crippen molar-refractivity contribution in [3.63, 3.8) is 0 Å². The highest BCUT2D eigenvalue weighted by atomic mass is 32.2. The average molecular weight is 555 g/mol. The number of benzene rings is 3. The molecule has 0 atom stereocenters. The fourth-order valence-electron chi connectivity index (χ4n) is 3.09. The minimum atomic E-state index is -3.84. The number of hydrogen-bond acceptors (Lipinski definition) is 7. The number of thiocarbonyl (C=S) groups is 1. The molecule has 3 aromatic carbocycles. The molecule has 0 aliphatic rings. The molecule has 0 unspecified atom stereocenters. The summed E-state index contributed by atoms with van der Waals surface area (Å²) in [6.07, 6.45) is 2.87. The SMILES string of the molecule is Cc1ccc(S(=O)(=O)Nc2ccc(NC(=S)Nc3ccc(S(=O)(=O)Nc4ncccn4)cc3)cc2)cc1. The van der Waals surface area contributed by atoms with Gasteiger partial charge in [-0.05, 0) is 85.9 Å². The molecule has 0 saturated heterocycles. The fourth-order valence-corrected chi connectivity index (χ4v) is 5.35. The van der Waals surface area contributed by atoms with E-state index in [2.05, 4.69) is 30.0 Å². The van der Waals surface area contributed by atoms with Gasteiger partial charge < -0.3 is 10.6 Å². The van der Waals surface area contributed by atoms with Crippen molar-refractivity contribution in [1.29, 1.82) is 0 Å². The highest BCUT2D eigenvalue weighted by Crippen LogP contribution is 2.20. The smallest absolute Gasteiger partial charge is 0.264 e. The lowest BCUT2D eigenvalue weighted by molar-refractivity contribution is 0.599. The molecule has 4 aromatic rings. The summed E-state index contributed by atoms with van der Waals surface area (Å²) >= 11 is 5.33. The summed E-state index contributed by atoms with van der Waals surface area (Å²) in [6.45, 7) is 1.88. The van der Waals surface area contributed by atoms with Gasteiger partial charge in [-0.3, -0.25) is 4.72 Å². The predicted octanol–water partition coefficient (Wildman–Crippen LogP) is 4.20. The van der Waals surface area contributed by atoms with Gasteiger partial charge >= 0.3 is 0 Å². The van der Waals surface area contributed by atoms with Gasteiger partial charge in [0.05, 0.1) is 9.79 Å². The third-order valence-electron chi connectivity index (χ3n) is 4.94. The summed E-state index contributed by atoms with van der Waals surface area (Å²) in [5.41, 5.74) is 2.56. The van der Waals surface area contributed by atoms with E-state index in [9.17, 15) is 16.8 Å². The van der Waals surface area contributed by atoms with Crippen molar-refractivity contribution in [3.8, 4) is 0 Å². The molecule has 4 rings (SSSR count). The van der Waals surface area contributed by atoms with Crippen molar-refractivity contribution in [2.75, 3.05) is 20.1 Å². The van der Waals surface area contributed by atoms with Gasteiger partial charge in [0.25, 0.3) is 20.0 Å². The molecule has 0 spiro atoms. The number of nitrogens with zero attached hydrogens (tertiary/aromatic N) is 2. The van der Waals surface area contributed by atoms with Crippen molar-refractivity contribution in [2.24, 2.45) is 0 Å². The Hall–Kier alpha value is -4.07. The number of aryl methyl sites for hydroxylation is 1. The second kappa shape index (κ2) is 10.9. The number of rotatable bonds is 8. The Balaban J connectivity index is 1.34. The lowest BCUT2D eigenvalue weighted by Crippen LogP contribution is -2.19. The van der Waals surface area contributed by atoms with Crippen LogP contribution >= 0.6 is 12.2 Å². The zero-order chi connectivity index (χ0) is 26.5. The molecule has 4 N–H and O–H groups in total. The number of anilines is 4. The molecule has 0 amide bonds. The second-order valence-electron chi connectivity index (χ2n) is 7.78. The molecule has 0 aliphatic heterocycles. The molecular formula is C24H22N6O4S3. The van der Waals surface area contributed by atoms with Crippen LogP contribution in [0.3, 0.4) is 0 Å². The summed E-state index contributed by atoms with van der Waals surface area (Å²) < 4.78 is 54.9. The Morgan fingerprint density at radius 3 is 1.62 bits per heavy atom. The van der Waals surface area contributed by atoms with E-state index in [1.165, 1.54) is 24.5 Å². The highest BCUT2D eigenvalue weighted by molar-refractivity contribution is 7.93. The van der Waals surface area contributed by atoms with E-state index in [1.807, 2.05) is 6.92 Å². The Bertz CT molecular complexity index is 1590. The number of nitrogens with one attached hydrogen (secondary N) is 4. The van der Waals surface area contributed by atoms with Crippen LogP contribution in [0, 0.1) is 6.92 Å². The molecule has 37 heavy (non-hydrogen) atoms. The van der Waals surface area contributed by atoms with Crippen molar-refractivity contribution in [2.45, 2.75) is 16.7 Å². The van der Waals surface area contributed by atoms with E-state index < -0.39 is 20.0 Å². The largest absolute Gasteiger partial charge is 0.332 e. The molecule has 0 bridgehead atoms. The maximum atomic E-state index is 12.6. The lowest BCUT2D eigenvalue weighted by Gasteiger charge is -2.13. The predicted molar refractivity (Wildman–Crippen MR) is 148 cm³/mol. The fraction of sp³-hybridized carbons (Fsp3) is 0.0417. The first kappa shape index (κ1) is 26.0. The van der Waals surface area contributed by atoms with Crippen molar-refractivity contribution < 1.29 is 16.8 Å². The average Bonchev–Trinajstić information content (AvgIpc) is 2.86. The summed E-state index contributed by atoms with van der Waals surface area (Å²) in [5, 5.41) is 6.22. The molecular weight excluding hydrogens is 533 g/mol. The van der Waals surface area contributed by atoms with Crippen molar-refractivity contribution >= 4 is 60.4 Å². The van der Waals surface area contributed by atoms with Crippen LogP contribution in [0.5, 0.6) is 0 Å². The van der Waals surface area contributed by atoms with Crippen LogP contribution in [0.15, 0.2) is 101 Å². The second-order valence-corrected chi connectivity index (χ2v) is 11.6. The quantitative estimate of drug-likeness (QED) is 0.236. The Morgan fingerprint density at radius 1 is 0.649 bits per heavy atom. The third kappa shape index (κ3) is 7.00. The number of sulfonamides is 2. The van der Waals surface area contributed by atoms with Crippen LogP contribution in [0.1, 0.15) is 5.56 Å². The van der Waals surface area contributed by atoms with Crippen molar-refractivity contribution in [1.82, 2.24) is 9.97 Å². The van der Waals surface area contributed by atoms with E-state index >= 15 is 0 Å². The monoisotopic (exact) mass is 554 g/mol. The maximum Gasteiger partial charge on any atom is 0.264 e. The molecule has 0 fully saturated rings. The van der Waals surface area contributed by atoms with Crippen LogP contribution in [-0.2, 0) is 20.0 Å². The molecule has 0 aliphatic carbocycles. The molecule has 10 nitrogen and oxygen atoms in total. The summed E-state index contributed by atoms with van der Waals surface area (Å²) in [4.78, 5) is 7.92. The molecule has 190 valence electrons. The van der Waals surface area contributed by atoms with Gasteiger partial charge in [-0.1, -0.05) is 17.7 Å². The summed E-state index contributed by atoms with van der Waals surface area (Å²) in [5.74, 6) is -0.0240. The van der Waals surface area contributed by atoms with E-state index in [0.717, 1.165) is 5.56 Å². The van der Waals surface area contributed by atoms with Crippen LogP contribution in [-0.4, -0.2) is 31.9 Å². The van der Waals surface area contributed by atoms with Gasteiger partial charge in [0.1, 0.15) is 0 Å². The molecule has 1 heterocycles. The molecule has 1 aromatic heterocycles. The zero-order valence-electron chi connectivity index (χ0n) is 19.4. The van der Waals surface area contributed by atoms with Crippen LogP contribution < -0.4 is 20.1 Å². The third-order valence-corrected chi connectivity index (χ3v) is 7.89. The highest BCUT2D eigenvalue weighted by Gasteiger charge is 2.16. The van der Waals surface area contributed by atoms with Gasteiger partial charge in [0.2, 0.25) is 5.95 Å². The van der Waals surface area contributed by atoms with Gasteiger partial charge in [-0.25, -0.2) is 31.5 Å². The normalized spacial score (nSPS) is 11.4. The van der Waals surface area contributed by atoms with Gasteiger partial charge in [-0.2, -0.15) is 0 Å². The number of aromatic nitrogens is 2. The van der Waals surface area contributed by atoms with Crippen LogP contribution in [0.4, 0.5) is 23.0 Å². The Labute approximate surface area is 220 Å². The van der Waals surface area contributed by atoms with Crippen molar-refractivity contribution in [3.05, 3.63) is 96.8 Å². The summed E-state index contributed by atoms with van der Waals surface area (Å²) in [6, 6.07) is 20.7. The Kier molecular flexibility index (Phi) is 7.66. The van der Waals surface area contributed by atoms with Gasteiger partial charge in [0, 0.05) is 29.5 Å². The van der Waals surface area contributed by atoms with Crippen LogP contribution in [0.25, 0.3) is 0 Å². The van der Waals surface area contributed by atoms with Gasteiger partial charge in [0.15, 0.2) is 5.11 Å². The first-order chi connectivity index (χ1) is 17.6. The lowest BCUT2D eigenvalue weighted by atomic mass is 10.2. The topological polar surface area (TPSA) is 142 Å². The van der Waals surface area contributed by atoms with Gasteiger partial charge in [-0.15, -0.1) is 0 Å². The zero-order valence-corrected chi connectivity index (χ0v) is 21.9. The minimum Gasteiger partial charge on any atom is -0.332 e. The van der Waals surface area contributed by atoms with E-state index in [-0.39, 0.29) is 20.9 Å². The first-order valence-corrected chi connectivity index (χ1v) is 14.2. The molecule has 0 saturated carbocycles. The maximum absolute atomic E-state index is 12.6.